The molecule has 2 aliphatic heterocycles. The number of hydrogen-bond donors (Lipinski definition) is 0. The lowest BCUT2D eigenvalue weighted by Gasteiger charge is -2.39. The Balaban J connectivity index is 1.10. The van der Waals surface area contributed by atoms with E-state index in [-0.39, 0.29) is 29.1 Å². The second-order valence-electron chi connectivity index (χ2n) is 10.4. The number of carbonyl (C=O) groups excluding carboxylic acids is 1. The van der Waals surface area contributed by atoms with Gasteiger partial charge in [-0.3, -0.25) is 9.78 Å². The second-order valence-corrected chi connectivity index (χ2v) is 12.3. The summed E-state index contributed by atoms with van der Waals surface area (Å²) in [5.74, 6) is -0.663. The predicted molar refractivity (Wildman–Crippen MR) is 154 cm³/mol. The van der Waals surface area contributed by atoms with Gasteiger partial charge in [-0.2, -0.15) is 4.31 Å². The normalized spacial score (nSPS) is 18.7. The minimum absolute atomic E-state index is 0.0145. The van der Waals surface area contributed by atoms with E-state index in [0.717, 1.165) is 22.2 Å². The van der Waals surface area contributed by atoms with Gasteiger partial charge in [0, 0.05) is 62.6 Å². The monoisotopic (exact) mass is 558 g/mol. The number of nitrogens with zero attached hydrogens (tertiary/aromatic N) is 4. The molecule has 0 saturated carbocycles. The van der Waals surface area contributed by atoms with Crippen LogP contribution in [-0.4, -0.2) is 67.8 Å². The smallest absolute Gasteiger partial charge is 0.243 e. The molecule has 0 spiro atoms. The first-order chi connectivity index (χ1) is 19.4. The van der Waals surface area contributed by atoms with Crippen LogP contribution in [0.4, 0.5) is 10.1 Å². The molecular formula is C31H31FN4O3S. The Morgan fingerprint density at radius 1 is 0.850 bits per heavy atom. The maximum atomic E-state index is 13.7. The van der Waals surface area contributed by atoms with Crippen molar-refractivity contribution < 1.29 is 17.6 Å². The molecule has 3 heterocycles. The zero-order valence-electron chi connectivity index (χ0n) is 22.1. The molecule has 9 heteroatoms. The Morgan fingerprint density at radius 2 is 1.57 bits per heavy atom. The summed E-state index contributed by atoms with van der Waals surface area (Å²) >= 11 is 0. The fourth-order valence-corrected chi connectivity index (χ4v) is 7.29. The molecule has 1 amide bonds. The molecule has 6 rings (SSSR count). The van der Waals surface area contributed by atoms with E-state index >= 15 is 0 Å². The number of carbonyl (C=O) groups is 1. The molecule has 0 bridgehead atoms. The number of sulfonamides is 1. The van der Waals surface area contributed by atoms with Crippen LogP contribution in [0.5, 0.6) is 0 Å². The Kier molecular flexibility index (Phi) is 7.25. The Hall–Kier alpha value is -3.82. The van der Waals surface area contributed by atoms with Crippen LogP contribution in [0.15, 0.2) is 90.0 Å². The standard InChI is InChI=1S/C31H31FN4O3S/c32-26-10-13-28-29(21-26)33-15-14-30(28)34-17-19-35(20-18-34)31(37)25-7-4-16-36(22-25)40(38,39)27-11-8-24(9-12-27)23-5-2-1-3-6-23/h1-3,5-6,8-15,21,25H,4,7,16-20,22H2. The van der Waals surface area contributed by atoms with Crippen LogP contribution in [0.25, 0.3) is 22.0 Å². The van der Waals surface area contributed by atoms with Crippen molar-refractivity contribution in [1.29, 1.82) is 0 Å². The van der Waals surface area contributed by atoms with Gasteiger partial charge in [-0.15, -0.1) is 0 Å². The van der Waals surface area contributed by atoms with Crippen LogP contribution < -0.4 is 4.90 Å². The van der Waals surface area contributed by atoms with Crippen molar-refractivity contribution in [3.8, 4) is 11.1 Å². The molecule has 206 valence electrons. The van der Waals surface area contributed by atoms with Gasteiger partial charge in [-0.1, -0.05) is 42.5 Å². The van der Waals surface area contributed by atoms with Crippen molar-refractivity contribution in [2.24, 2.45) is 5.92 Å². The number of hydrogen-bond acceptors (Lipinski definition) is 5. The number of rotatable bonds is 5. The molecule has 2 aliphatic rings. The summed E-state index contributed by atoms with van der Waals surface area (Å²) in [5.41, 5.74) is 3.57. The third kappa shape index (κ3) is 5.19. The highest BCUT2D eigenvalue weighted by atomic mass is 32.2. The van der Waals surface area contributed by atoms with Crippen LogP contribution in [-0.2, 0) is 14.8 Å². The van der Waals surface area contributed by atoms with Crippen molar-refractivity contribution in [3.05, 3.63) is 90.9 Å². The van der Waals surface area contributed by atoms with Crippen LogP contribution in [0.3, 0.4) is 0 Å². The highest BCUT2D eigenvalue weighted by Gasteiger charge is 2.36. The highest BCUT2D eigenvalue weighted by Crippen LogP contribution is 2.29. The first-order valence-corrected chi connectivity index (χ1v) is 15.1. The molecule has 2 fully saturated rings. The summed E-state index contributed by atoms with van der Waals surface area (Å²) in [6, 6.07) is 23.3. The molecule has 1 aromatic heterocycles. The average Bonchev–Trinajstić information content (AvgIpc) is 3.01. The predicted octanol–water partition coefficient (Wildman–Crippen LogP) is 4.79. The third-order valence-corrected chi connectivity index (χ3v) is 9.83. The van der Waals surface area contributed by atoms with Crippen molar-refractivity contribution in [2.75, 3.05) is 44.2 Å². The van der Waals surface area contributed by atoms with E-state index in [1.807, 2.05) is 53.4 Å². The Labute approximate surface area is 233 Å². The number of anilines is 1. The first-order valence-electron chi connectivity index (χ1n) is 13.6. The Bertz CT molecular complexity index is 1620. The van der Waals surface area contributed by atoms with E-state index in [1.165, 1.54) is 16.4 Å². The molecule has 1 unspecified atom stereocenters. The summed E-state index contributed by atoms with van der Waals surface area (Å²) in [4.78, 5) is 22.1. The molecule has 7 nitrogen and oxygen atoms in total. The van der Waals surface area contributed by atoms with Gasteiger partial charge in [0.25, 0.3) is 0 Å². The van der Waals surface area contributed by atoms with E-state index in [2.05, 4.69) is 9.88 Å². The number of piperazine rings is 1. The highest BCUT2D eigenvalue weighted by molar-refractivity contribution is 7.89. The van der Waals surface area contributed by atoms with Crippen molar-refractivity contribution in [3.63, 3.8) is 0 Å². The summed E-state index contributed by atoms with van der Waals surface area (Å²) < 4.78 is 42.1. The van der Waals surface area contributed by atoms with Crippen LogP contribution in [0, 0.1) is 11.7 Å². The van der Waals surface area contributed by atoms with E-state index in [4.69, 9.17) is 0 Å². The first kappa shape index (κ1) is 26.4. The van der Waals surface area contributed by atoms with Crippen molar-refractivity contribution in [1.82, 2.24) is 14.2 Å². The zero-order valence-corrected chi connectivity index (χ0v) is 22.9. The molecule has 40 heavy (non-hydrogen) atoms. The van der Waals surface area contributed by atoms with Gasteiger partial charge >= 0.3 is 0 Å². The second kappa shape index (κ2) is 11.0. The average molecular weight is 559 g/mol. The number of amides is 1. The van der Waals surface area contributed by atoms with Gasteiger partial charge in [0.15, 0.2) is 0 Å². The molecule has 3 aromatic carbocycles. The largest absolute Gasteiger partial charge is 0.367 e. The van der Waals surface area contributed by atoms with Gasteiger partial charge < -0.3 is 9.80 Å². The number of benzene rings is 3. The fourth-order valence-electron chi connectivity index (χ4n) is 5.77. The topological polar surface area (TPSA) is 73.8 Å². The third-order valence-electron chi connectivity index (χ3n) is 7.95. The summed E-state index contributed by atoms with van der Waals surface area (Å²) in [5, 5.41) is 0.883. The lowest BCUT2D eigenvalue weighted by atomic mass is 9.97. The lowest BCUT2D eigenvalue weighted by molar-refractivity contribution is -0.137. The minimum Gasteiger partial charge on any atom is -0.367 e. The quantitative estimate of drug-likeness (QED) is 0.352. The number of aromatic nitrogens is 1. The van der Waals surface area contributed by atoms with E-state index in [0.29, 0.717) is 51.1 Å². The summed E-state index contributed by atoms with van der Waals surface area (Å²) in [7, 11) is -3.71. The molecule has 0 radical (unpaired) electrons. The number of fused-ring (bicyclic) bond motifs is 1. The molecule has 0 aliphatic carbocycles. The van der Waals surface area contributed by atoms with Crippen LogP contribution in [0.1, 0.15) is 12.8 Å². The zero-order chi connectivity index (χ0) is 27.7. The molecule has 2 saturated heterocycles. The van der Waals surface area contributed by atoms with E-state index < -0.39 is 10.0 Å². The van der Waals surface area contributed by atoms with Gasteiger partial charge in [0.05, 0.1) is 16.3 Å². The van der Waals surface area contributed by atoms with Gasteiger partial charge in [-0.25, -0.2) is 12.8 Å². The van der Waals surface area contributed by atoms with Crippen LogP contribution in [0.2, 0.25) is 0 Å². The van der Waals surface area contributed by atoms with Gasteiger partial charge in [0.2, 0.25) is 15.9 Å². The van der Waals surface area contributed by atoms with Crippen LogP contribution >= 0.6 is 0 Å². The van der Waals surface area contributed by atoms with E-state index in [9.17, 15) is 17.6 Å². The lowest BCUT2D eigenvalue weighted by Crippen LogP contribution is -2.53. The summed E-state index contributed by atoms with van der Waals surface area (Å²) in [6.45, 7) is 3.00. The van der Waals surface area contributed by atoms with Gasteiger partial charge in [0.1, 0.15) is 5.82 Å². The maximum absolute atomic E-state index is 13.7. The summed E-state index contributed by atoms with van der Waals surface area (Å²) in [6.07, 6.45) is 3.01. The number of halogens is 1. The van der Waals surface area contributed by atoms with E-state index in [1.54, 1.807) is 24.4 Å². The minimum atomic E-state index is -3.71. The van der Waals surface area contributed by atoms with Gasteiger partial charge in [-0.05, 0) is 54.3 Å². The Morgan fingerprint density at radius 3 is 2.33 bits per heavy atom. The molecular weight excluding hydrogens is 527 g/mol. The molecule has 4 aromatic rings. The fraction of sp³-hybridized carbons (Fsp3) is 0.290. The molecule has 1 atom stereocenters. The number of pyridine rings is 1. The van der Waals surface area contributed by atoms with Crippen molar-refractivity contribution in [2.45, 2.75) is 17.7 Å². The van der Waals surface area contributed by atoms with Crippen molar-refractivity contribution >= 4 is 32.5 Å². The maximum Gasteiger partial charge on any atom is 0.243 e. The number of piperidine rings is 1. The molecule has 0 N–H and O–H groups in total. The SMILES string of the molecule is O=C(C1CCCN(S(=O)(=O)c2ccc(-c3ccccc3)cc2)C1)N1CCN(c2ccnc3cc(F)ccc23)CC1.